The molecule has 55 heavy (non-hydrogen) atoms. The SMILES string of the molecule is [B]C1(C)N(C(=C)C(Cc2cc(C)c3[nH]ncc3c2)NC(=C)N2CCC(c3cc4ccccc4[nH]c3=O)CC2)C([B])(O)C(C)(C)N(C2CCN(C)CC2)C1([B])S. The number of aryl methyl sites for hydroxylation is 1. The molecule has 6 radical (unpaired) electrons. The lowest BCUT2D eigenvalue weighted by molar-refractivity contribution is -0.216. The molecule has 3 aliphatic heterocycles. The zero-order valence-electron chi connectivity index (χ0n) is 32.9. The summed E-state index contributed by atoms with van der Waals surface area (Å²) in [6, 6.07) is 13.6. The summed E-state index contributed by atoms with van der Waals surface area (Å²) in [5, 5.41) is 25.7. The van der Waals surface area contributed by atoms with Crippen LogP contribution in [0.3, 0.4) is 0 Å². The number of hydrogen-bond acceptors (Lipinski definition) is 9. The molecule has 3 aliphatic rings. The highest BCUT2D eigenvalue weighted by Crippen LogP contribution is 2.52. The van der Waals surface area contributed by atoms with Gasteiger partial charge in [0.25, 0.3) is 5.56 Å². The highest BCUT2D eigenvalue weighted by molar-refractivity contribution is 7.83. The summed E-state index contributed by atoms with van der Waals surface area (Å²) in [6.45, 7) is 19.9. The molecule has 3 saturated heterocycles. The Bertz CT molecular complexity index is 2120. The molecule has 5 heterocycles. The maximum absolute atomic E-state index is 13.1. The largest absolute Gasteiger partial charge is 0.378 e. The van der Waals surface area contributed by atoms with Crippen LogP contribution in [0.4, 0.5) is 0 Å². The number of aliphatic hydroxyl groups is 1. The van der Waals surface area contributed by atoms with Crippen molar-refractivity contribution in [2.45, 2.75) is 99.2 Å². The summed E-state index contributed by atoms with van der Waals surface area (Å²) in [5.74, 6) is 0.820. The van der Waals surface area contributed by atoms with E-state index in [9.17, 15) is 9.90 Å². The number of pyridine rings is 1. The zero-order chi connectivity index (χ0) is 39.7. The quantitative estimate of drug-likeness (QED) is 0.129. The minimum atomic E-state index is -2.01. The minimum Gasteiger partial charge on any atom is -0.378 e. The number of H-pyrrole nitrogens is 2. The topological polar surface area (TPSA) is 107 Å². The van der Waals surface area contributed by atoms with Crippen molar-refractivity contribution < 1.29 is 5.11 Å². The molecule has 4 aromatic rings. The third kappa shape index (κ3) is 6.85. The van der Waals surface area contributed by atoms with E-state index in [2.05, 4.69) is 69.6 Å². The molecular formula is C41H53B3N8O2S. The van der Waals surface area contributed by atoms with E-state index in [0.29, 0.717) is 31.0 Å². The summed E-state index contributed by atoms with van der Waals surface area (Å²) in [4.78, 5) is 24.3. The lowest BCUT2D eigenvalue weighted by atomic mass is 9.53. The fourth-order valence-corrected chi connectivity index (χ4v) is 9.95. The Kier molecular flexibility index (Phi) is 10.4. The molecule has 4 unspecified atom stereocenters. The molecule has 2 aromatic heterocycles. The Morgan fingerprint density at radius 3 is 2.40 bits per heavy atom. The number of nitrogens with zero attached hydrogens (tertiary/aromatic N) is 5. The second-order valence-corrected chi connectivity index (χ2v) is 17.6. The van der Waals surface area contributed by atoms with Crippen molar-refractivity contribution in [3.8, 4) is 0 Å². The van der Waals surface area contributed by atoms with Gasteiger partial charge in [0, 0.05) is 51.5 Å². The molecule has 10 nitrogen and oxygen atoms in total. The first kappa shape index (κ1) is 39.7. The highest BCUT2D eigenvalue weighted by atomic mass is 32.1. The normalized spacial score (nSPS) is 27.8. The van der Waals surface area contributed by atoms with Crippen molar-refractivity contribution in [1.82, 2.24) is 40.1 Å². The van der Waals surface area contributed by atoms with E-state index in [-0.39, 0.29) is 17.5 Å². The van der Waals surface area contributed by atoms with Crippen molar-refractivity contribution in [2.75, 3.05) is 33.2 Å². The molecule has 14 heteroatoms. The number of likely N-dealkylation sites (tertiary alicyclic amines) is 2. The van der Waals surface area contributed by atoms with Crippen molar-refractivity contribution in [1.29, 1.82) is 0 Å². The van der Waals surface area contributed by atoms with E-state index in [4.69, 9.17) is 36.2 Å². The number of nitrogens with one attached hydrogen (secondary N) is 3. The number of thiol groups is 1. The van der Waals surface area contributed by atoms with Gasteiger partial charge in [0.05, 0.1) is 29.1 Å². The maximum Gasteiger partial charge on any atom is 0.251 e. The lowest BCUT2D eigenvalue weighted by Crippen LogP contribution is -2.88. The van der Waals surface area contributed by atoms with Crippen molar-refractivity contribution in [3.05, 3.63) is 100 Å². The van der Waals surface area contributed by atoms with Gasteiger partial charge in [-0.25, -0.2) is 0 Å². The number of piperazine rings is 1. The molecule has 7 rings (SSSR count). The molecule has 2 aromatic carbocycles. The first-order chi connectivity index (χ1) is 25.8. The van der Waals surface area contributed by atoms with Crippen LogP contribution in [0, 0.1) is 6.92 Å². The Morgan fingerprint density at radius 2 is 1.71 bits per heavy atom. The predicted molar refractivity (Wildman–Crippen MR) is 228 cm³/mol. The number of para-hydroxylation sites is 1. The average molecular weight is 754 g/mol. The molecule has 4 N–H and O–H groups in total. The maximum atomic E-state index is 13.1. The molecule has 0 bridgehead atoms. The summed E-state index contributed by atoms with van der Waals surface area (Å²) in [5.41, 5.74) is 0.527. The van der Waals surface area contributed by atoms with Crippen molar-refractivity contribution >= 4 is 58.0 Å². The Balaban J connectivity index is 1.18. The number of rotatable bonds is 9. The van der Waals surface area contributed by atoms with Crippen LogP contribution in [0.25, 0.3) is 21.8 Å². The van der Waals surface area contributed by atoms with E-state index < -0.39 is 27.4 Å². The second-order valence-electron chi connectivity index (χ2n) is 16.9. The van der Waals surface area contributed by atoms with Gasteiger partial charge in [0.2, 0.25) is 0 Å². The molecule has 0 aliphatic carbocycles. The predicted octanol–water partition coefficient (Wildman–Crippen LogP) is 4.02. The Morgan fingerprint density at radius 1 is 1.04 bits per heavy atom. The first-order valence-corrected chi connectivity index (χ1v) is 19.8. The van der Waals surface area contributed by atoms with E-state index in [0.717, 1.165) is 77.3 Å². The zero-order valence-corrected chi connectivity index (χ0v) is 33.8. The summed E-state index contributed by atoms with van der Waals surface area (Å²) >= 11 is 5.14. The van der Waals surface area contributed by atoms with Gasteiger partial charge in [-0.15, -0.1) is 0 Å². The van der Waals surface area contributed by atoms with Crippen LogP contribution in [0.5, 0.6) is 0 Å². The first-order valence-electron chi connectivity index (χ1n) is 19.4. The summed E-state index contributed by atoms with van der Waals surface area (Å²) in [7, 11) is 23.8. The summed E-state index contributed by atoms with van der Waals surface area (Å²) < 4.78 is -1.43. The molecule has 284 valence electrons. The van der Waals surface area contributed by atoms with Crippen LogP contribution in [-0.2, 0) is 6.42 Å². The molecule has 3 fully saturated rings. The number of fused-ring (bicyclic) bond motifs is 2. The molecule has 0 amide bonds. The number of piperidine rings is 2. The van der Waals surface area contributed by atoms with Gasteiger partial charge in [-0.3, -0.25) is 14.8 Å². The van der Waals surface area contributed by atoms with Crippen molar-refractivity contribution in [2.24, 2.45) is 0 Å². The third-order valence-corrected chi connectivity index (χ3v) is 13.5. The van der Waals surface area contributed by atoms with Crippen LogP contribution in [0.2, 0.25) is 0 Å². The standard InChI is InChI=1S/C41H53B3N8O2S/c1-25-20-28(21-31-24-45-48-36(25)31)22-35(46-27(3)50-18-12-29(13-19-50)33-23-30-10-8-9-11-34(30)47-37(33)53)26(2)51-39(6,42)41(44,55)52(38(4,5)40(51,43)54)32-14-16-49(7)17-15-32/h8-11,20-21,23-24,29,32,35,46,54-55H,2-3,12-19,22H2,1,4-7H3,(H,45,48)(H,47,53). The lowest BCUT2D eigenvalue weighted by Gasteiger charge is -2.74. The number of aromatic amines is 2. The van der Waals surface area contributed by atoms with Gasteiger partial charge in [0.1, 0.15) is 29.2 Å². The number of aromatic nitrogens is 3. The van der Waals surface area contributed by atoms with Gasteiger partial charge in [-0.2, -0.15) is 17.7 Å². The smallest absolute Gasteiger partial charge is 0.251 e. The molecule has 4 atom stereocenters. The van der Waals surface area contributed by atoms with Gasteiger partial charge < -0.3 is 30.1 Å². The van der Waals surface area contributed by atoms with Gasteiger partial charge in [-0.05, 0) is 121 Å². The monoisotopic (exact) mass is 754 g/mol. The van der Waals surface area contributed by atoms with Crippen LogP contribution in [0.15, 0.2) is 78.1 Å². The summed E-state index contributed by atoms with van der Waals surface area (Å²) in [6.07, 6.45) is 5.52. The molecular weight excluding hydrogens is 701 g/mol. The fraction of sp³-hybridized carbons (Fsp3) is 0.512. The number of hydrogen-bond donors (Lipinski definition) is 5. The van der Waals surface area contributed by atoms with Crippen LogP contribution in [0.1, 0.15) is 69.1 Å². The van der Waals surface area contributed by atoms with E-state index in [1.807, 2.05) is 55.3 Å². The van der Waals surface area contributed by atoms with E-state index >= 15 is 0 Å². The molecule has 0 saturated carbocycles. The van der Waals surface area contributed by atoms with E-state index in [1.54, 1.807) is 11.8 Å². The number of benzene rings is 2. The van der Waals surface area contributed by atoms with Crippen LogP contribution < -0.4 is 10.9 Å². The van der Waals surface area contributed by atoms with Gasteiger partial charge in [-0.1, -0.05) is 37.4 Å². The van der Waals surface area contributed by atoms with E-state index in [1.165, 1.54) is 0 Å². The van der Waals surface area contributed by atoms with Crippen LogP contribution in [-0.4, -0.2) is 130 Å². The van der Waals surface area contributed by atoms with Gasteiger partial charge in [0.15, 0.2) is 0 Å². The Labute approximate surface area is 334 Å². The second kappa shape index (κ2) is 14.4. The minimum absolute atomic E-state index is 0.00597. The van der Waals surface area contributed by atoms with Crippen molar-refractivity contribution in [3.63, 3.8) is 0 Å². The third-order valence-electron chi connectivity index (χ3n) is 12.8. The van der Waals surface area contributed by atoms with Crippen LogP contribution >= 0.6 is 12.6 Å². The molecule has 0 spiro atoms. The Hall–Kier alpha value is -3.58. The fourth-order valence-electron chi connectivity index (χ4n) is 9.44. The average Bonchev–Trinajstić information content (AvgIpc) is 3.60. The van der Waals surface area contributed by atoms with Gasteiger partial charge >= 0.3 is 0 Å². The highest BCUT2D eigenvalue weighted by Gasteiger charge is 2.66.